The molecule has 2 aliphatic carbocycles. The minimum Gasteiger partial charge on any atom is -0.490 e. The molecule has 7 atom stereocenters. The molecule has 1 saturated carbocycles. The number of carbonyl (C=O) groups is 1. The summed E-state index contributed by atoms with van der Waals surface area (Å²) < 4.78 is 30.4. The van der Waals surface area contributed by atoms with Crippen LogP contribution in [0, 0.1) is 17.8 Å². The fraction of sp³-hybridized carbons (Fsp3) is 0.619. The fourth-order valence-corrected chi connectivity index (χ4v) is 11.4. The molecule has 1 saturated heterocycles. The molecule has 3 aliphatic heterocycles. The van der Waals surface area contributed by atoms with E-state index in [-0.39, 0.29) is 22.5 Å². The summed E-state index contributed by atoms with van der Waals surface area (Å²) in [5, 5.41) is 0.447. The van der Waals surface area contributed by atoms with Crippen LogP contribution in [-0.2, 0) is 26.3 Å². The summed E-state index contributed by atoms with van der Waals surface area (Å²) in [7, 11) is -1.05. The molecule has 2 bridgehead atoms. The Kier molecular flexibility index (Phi) is 11.1. The highest BCUT2D eigenvalue weighted by Gasteiger charge is 2.50. The number of carbonyl (C=O) groups excluding carboxylic acids is 1. The van der Waals surface area contributed by atoms with Crippen molar-refractivity contribution >= 4 is 38.8 Å². The summed E-state index contributed by atoms with van der Waals surface area (Å²) >= 11 is 6.52. The number of amides is 1. The van der Waals surface area contributed by atoms with Crippen LogP contribution < -0.4 is 14.4 Å². The van der Waals surface area contributed by atoms with E-state index in [9.17, 15) is 9.00 Å². The van der Waals surface area contributed by atoms with E-state index in [1.807, 2.05) is 32.2 Å². The van der Waals surface area contributed by atoms with Crippen LogP contribution in [0.1, 0.15) is 80.8 Å². The molecule has 7 rings (SSSR count). The van der Waals surface area contributed by atoms with Crippen LogP contribution in [0.25, 0.3) is 0 Å². The lowest BCUT2D eigenvalue weighted by Crippen LogP contribution is -2.59. The van der Waals surface area contributed by atoms with E-state index < -0.39 is 15.3 Å². The van der Waals surface area contributed by atoms with Gasteiger partial charge in [-0.05, 0) is 123 Å². The number of halogens is 1. The van der Waals surface area contributed by atoms with Gasteiger partial charge < -0.3 is 19.3 Å². The minimum absolute atomic E-state index is 0.0409. The van der Waals surface area contributed by atoms with Crippen molar-refractivity contribution in [2.45, 2.75) is 82.0 Å². The molecule has 2 fully saturated rings. The SMILES string of the molecule is C=S1(=O)NC(=O)c2ccc3c(c2)N(C[C@@H]2CC[C@H]2[C@@](CN2CCN(CCC)CC2)(OC)/C=C/C[C@H](C)[C@H]1C)C[C@@]1(CCCc2cc(Cl)ccc21)CO3. The van der Waals surface area contributed by atoms with Crippen molar-refractivity contribution < 1.29 is 18.5 Å². The number of aryl methyl sites for hydroxylation is 1. The molecule has 2 aromatic rings. The molecule has 10 heteroatoms. The summed E-state index contributed by atoms with van der Waals surface area (Å²) in [4.78, 5) is 21.5. The minimum atomic E-state index is -2.95. The lowest BCUT2D eigenvalue weighted by atomic mass is 9.63. The standard InChI is InChI=1S/C42H59ClN4O4S/c1-6-19-45-20-22-46(23-21-45)28-42(50-4)18-7-9-30(2)31(3)52(5,49)44-40(48)33-12-16-39-38(25-33)47(26-34-11-14-37(34)42)27-41(29-51-39)17-8-10-32-24-35(43)13-15-36(32)41/h7,12-13,15-16,18,24-25,30-31,34,37H,5-6,8-11,14,17,19-23,26-29H2,1-4H3,(H,44,48,49)/b18-7+/t30-,31+,34-,37+,41-,42+,52?/m0/s1. The third kappa shape index (κ3) is 7.42. The summed E-state index contributed by atoms with van der Waals surface area (Å²) in [6, 6.07) is 12.1. The van der Waals surface area contributed by atoms with Crippen molar-refractivity contribution in [3.8, 4) is 5.75 Å². The predicted octanol–water partition coefficient (Wildman–Crippen LogP) is 6.60. The van der Waals surface area contributed by atoms with Crippen LogP contribution in [0.2, 0.25) is 5.02 Å². The predicted molar refractivity (Wildman–Crippen MR) is 214 cm³/mol. The highest BCUT2D eigenvalue weighted by Crippen LogP contribution is 2.49. The van der Waals surface area contributed by atoms with Crippen LogP contribution in [0.3, 0.4) is 0 Å². The Labute approximate surface area is 317 Å². The zero-order chi connectivity index (χ0) is 36.7. The number of methoxy groups -OCH3 is 1. The molecule has 8 nitrogen and oxygen atoms in total. The number of hydrogen-bond acceptors (Lipinski definition) is 7. The number of anilines is 1. The Morgan fingerprint density at radius 1 is 1.10 bits per heavy atom. The Balaban J connectivity index is 1.28. The van der Waals surface area contributed by atoms with Crippen molar-refractivity contribution in [3.05, 3.63) is 70.3 Å². The van der Waals surface area contributed by atoms with Crippen LogP contribution in [0.5, 0.6) is 5.75 Å². The van der Waals surface area contributed by atoms with E-state index >= 15 is 0 Å². The van der Waals surface area contributed by atoms with Gasteiger partial charge in [0, 0.05) is 74.2 Å². The van der Waals surface area contributed by atoms with Crippen LogP contribution in [0.4, 0.5) is 5.69 Å². The van der Waals surface area contributed by atoms with Gasteiger partial charge in [0.15, 0.2) is 0 Å². The first-order chi connectivity index (χ1) is 25.0. The molecular weight excluding hydrogens is 692 g/mol. The van der Waals surface area contributed by atoms with E-state index in [2.05, 4.69) is 63.4 Å². The van der Waals surface area contributed by atoms with Crippen molar-refractivity contribution in [2.24, 2.45) is 17.8 Å². The van der Waals surface area contributed by atoms with Gasteiger partial charge in [0.2, 0.25) is 0 Å². The number of nitrogens with zero attached hydrogens (tertiary/aromatic N) is 3. The highest BCUT2D eigenvalue weighted by molar-refractivity contribution is 7.99. The van der Waals surface area contributed by atoms with Crippen molar-refractivity contribution in [1.82, 2.24) is 14.5 Å². The van der Waals surface area contributed by atoms with Gasteiger partial charge in [-0.1, -0.05) is 43.7 Å². The highest BCUT2D eigenvalue weighted by atomic mass is 35.5. The molecule has 0 radical (unpaired) electrons. The third-order valence-corrected chi connectivity index (χ3v) is 15.7. The number of rotatable bonds is 5. The molecule has 3 heterocycles. The summed E-state index contributed by atoms with van der Waals surface area (Å²) in [6.07, 6.45) is 11.8. The van der Waals surface area contributed by atoms with Gasteiger partial charge in [-0.2, -0.15) is 0 Å². The lowest BCUT2D eigenvalue weighted by molar-refractivity contribution is -0.0954. The molecule has 284 valence electrons. The fourth-order valence-electron chi connectivity index (χ4n) is 9.74. The molecule has 52 heavy (non-hydrogen) atoms. The van der Waals surface area contributed by atoms with Gasteiger partial charge in [0.05, 0.1) is 22.0 Å². The Morgan fingerprint density at radius 2 is 1.88 bits per heavy atom. The quantitative estimate of drug-likeness (QED) is 0.273. The second-order valence-corrected chi connectivity index (χ2v) is 19.3. The molecule has 0 aromatic heterocycles. The van der Waals surface area contributed by atoms with E-state index in [4.69, 9.17) is 21.1 Å². The van der Waals surface area contributed by atoms with Gasteiger partial charge in [0.25, 0.3) is 5.91 Å². The normalized spacial score (nSPS) is 35.0. The number of ether oxygens (including phenoxy) is 2. The van der Waals surface area contributed by atoms with Gasteiger partial charge >= 0.3 is 0 Å². The monoisotopic (exact) mass is 750 g/mol. The van der Waals surface area contributed by atoms with Gasteiger partial charge in [-0.25, -0.2) is 4.21 Å². The second kappa shape index (κ2) is 15.3. The van der Waals surface area contributed by atoms with Gasteiger partial charge in [-0.3, -0.25) is 14.4 Å². The van der Waals surface area contributed by atoms with Crippen LogP contribution in [-0.4, -0.2) is 103 Å². The van der Waals surface area contributed by atoms with Crippen LogP contribution >= 0.6 is 11.6 Å². The van der Waals surface area contributed by atoms with Gasteiger partial charge in [0.1, 0.15) is 11.4 Å². The number of allylic oxidation sites excluding steroid dienone is 1. The number of nitrogens with one attached hydrogen (secondary N) is 1. The summed E-state index contributed by atoms with van der Waals surface area (Å²) in [5.41, 5.74) is 3.35. The number of hydrogen-bond donors (Lipinski definition) is 1. The topological polar surface area (TPSA) is 74.4 Å². The van der Waals surface area contributed by atoms with E-state index in [1.165, 1.54) is 17.5 Å². The molecule has 1 spiro atoms. The van der Waals surface area contributed by atoms with Crippen molar-refractivity contribution in [1.29, 1.82) is 0 Å². The first kappa shape index (κ1) is 37.7. The molecule has 1 amide bonds. The first-order valence-corrected chi connectivity index (χ1v) is 21.8. The lowest BCUT2D eigenvalue weighted by Gasteiger charge is -2.52. The van der Waals surface area contributed by atoms with Crippen LogP contribution in [0.15, 0.2) is 48.6 Å². The molecule has 1 N–H and O–H groups in total. The average Bonchev–Trinajstić information content (AvgIpc) is 3.26. The van der Waals surface area contributed by atoms with E-state index in [0.717, 1.165) is 107 Å². The molecular formula is C42H59ClN4O4S. The van der Waals surface area contributed by atoms with Crippen molar-refractivity contribution in [2.75, 3.05) is 71.0 Å². The first-order valence-electron chi connectivity index (χ1n) is 19.6. The maximum absolute atomic E-state index is 14.0. The smallest absolute Gasteiger partial charge is 0.262 e. The summed E-state index contributed by atoms with van der Waals surface area (Å²) in [6.45, 7) is 14.7. The van der Waals surface area contributed by atoms with E-state index in [0.29, 0.717) is 24.0 Å². The molecule has 5 aliphatic rings. The third-order valence-electron chi connectivity index (χ3n) is 13.2. The van der Waals surface area contributed by atoms with E-state index in [1.54, 1.807) is 6.07 Å². The maximum Gasteiger partial charge on any atom is 0.262 e. The number of benzene rings is 2. The van der Waals surface area contributed by atoms with Crippen molar-refractivity contribution in [3.63, 3.8) is 0 Å². The summed E-state index contributed by atoms with van der Waals surface area (Å²) in [5.74, 6) is 5.26. The maximum atomic E-state index is 14.0. The Bertz CT molecular complexity index is 1760. The zero-order valence-electron chi connectivity index (χ0n) is 31.7. The Hall–Kier alpha value is -2.56. The zero-order valence-corrected chi connectivity index (χ0v) is 33.3. The largest absolute Gasteiger partial charge is 0.490 e. The Morgan fingerprint density at radius 3 is 2.62 bits per heavy atom. The average molecular weight is 751 g/mol. The molecule has 1 unspecified atom stereocenters. The number of piperazine rings is 1. The second-order valence-electron chi connectivity index (χ2n) is 16.5. The number of fused-ring (bicyclic) bond motifs is 4. The van der Waals surface area contributed by atoms with Gasteiger partial charge in [-0.15, -0.1) is 0 Å². The molecule has 2 aromatic carbocycles.